The number of carbonyl (C=O) groups excluding carboxylic acids is 1. The van der Waals surface area contributed by atoms with Crippen molar-refractivity contribution in [3.63, 3.8) is 0 Å². The summed E-state index contributed by atoms with van der Waals surface area (Å²) >= 11 is 3.50. The van der Waals surface area contributed by atoms with E-state index in [-0.39, 0.29) is 17.5 Å². The molecule has 1 atom stereocenters. The molecule has 118 valence electrons. The third-order valence-corrected chi connectivity index (χ3v) is 6.02. The van der Waals surface area contributed by atoms with Gasteiger partial charge in [-0.15, -0.1) is 22.7 Å². The summed E-state index contributed by atoms with van der Waals surface area (Å²) < 4.78 is 0. The van der Waals surface area contributed by atoms with Crippen molar-refractivity contribution in [2.75, 3.05) is 6.54 Å². The van der Waals surface area contributed by atoms with E-state index in [2.05, 4.69) is 49.0 Å². The average Bonchev–Trinajstić information content (AvgIpc) is 3.13. The van der Waals surface area contributed by atoms with Crippen molar-refractivity contribution < 1.29 is 4.79 Å². The Bertz CT molecular complexity index is 640. The van der Waals surface area contributed by atoms with Crippen LogP contribution < -0.4 is 5.32 Å². The normalized spacial score (nSPS) is 16.2. The van der Waals surface area contributed by atoms with Crippen LogP contribution in [-0.2, 0) is 13.0 Å². The summed E-state index contributed by atoms with van der Waals surface area (Å²) in [4.78, 5) is 17.3. The van der Waals surface area contributed by atoms with Crippen molar-refractivity contribution >= 4 is 28.7 Å². The second-order valence-electron chi connectivity index (χ2n) is 6.80. The van der Waals surface area contributed by atoms with E-state index in [1.165, 1.54) is 15.3 Å². The van der Waals surface area contributed by atoms with Crippen molar-refractivity contribution in [1.29, 1.82) is 0 Å². The fourth-order valence-corrected chi connectivity index (χ4v) is 4.72. The first-order valence-electron chi connectivity index (χ1n) is 7.59. The van der Waals surface area contributed by atoms with E-state index in [1.54, 1.807) is 22.7 Å². The maximum Gasteiger partial charge on any atom is 0.318 e. The lowest BCUT2D eigenvalue weighted by Gasteiger charge is -2.34. The van der Waals surface area contributed by atoms with Gasteiger partial charge in [0.25, 0.3) is 0 Å². The van der Waals surface area contributed by atoms with Gasteiger partial charge in [0.05, 0.1) is 6.04 Å². The molecule has 0 saturated carbocycles. The Labute approximate surface area is 140 Å². The number of urea groups is 1. The maximum atomic E-state index is 12.7. The van der Waals surface area contributed by atoms with E-state index in [4.69, 9.17) is 0 Å². The van der Waals surface area contributed by atoms with Gasteiger partial charge in [0, 0.05) is 22.8 Å². The molecule has 2 aromatic rings. The maximum absolute atomic E-state index is 12.7. The van der Waals surface area contributed by atoms with Crippen LogP contribution in [0.2, 0.25) is 0 Å². The standard InChI is InChI=1S/C17H22N2OS2/c1-17(2,3)15(14-5-4-9-21-14)18-16(20)19-8-6-13-12(11-19)7-10-22-13/h4-5,7,9-10,15H,6,8,11H2,1-3H3,(H,18,20)/t15-/m1/s1. The topological polar surface area (TPSA) is 32.3 Å². The molecule has 0 aromatic carbocycles. The molecule has 0 unspecified atom stereocenters. The van der Waals surface area contributed by atoms with Crippen molar-refractivity contribution in [3.8, 4) is 0 Å². The van der Waals surface area contributed by atoms with Crippen molar-refractivity contribution in [1.82, 2.24) is 10.2 Å². The first-order chi connectivity index (χ1) is 10.4. The molecule has 0 radical (unpaired) electrons. The zero-order valence-corrected chi connectivity index (χ0v) is 14.9. The molecule has 0 bridgehead atoms. The van der Waals surface area contributed by atoms with Crippen LogP contribution >= 0.6 is 22.7 Å². The van der Waals surface area contributed by atoms with Gasteiger partial charge in [0.1, 0.15) is 0 Å². The molecular weight excluding hydrogens is 312 g/mol. The van der Waals surface area contributed by atoms with Crippen LogP contribution in [0, 0.1) is 5.41 Å². The Hall–Kier alpha value is -1.33. The van der Waals surface area contributed by atoms with Gasteiger partial charge < -0.3 is 10.2 Å². The van der Waals surface area contributed by atoms with E-state index in [9.17, 15) is 4.79 Å². The highest BCUT2D eigenvalue weighted by molar-refractivity contribution is 7.10. The van der Waals surface area contributed by atoms with E-state index in [0.29, 0.717) is 0 Å². The Morgan fingerprint density at radius 3 is 2.77 bits per heavy atom. The minimum Gasteiger partial charge on any atom is -0.330 e. The molecule has 3 rings (SSSR count). The number of nitrogens with zero attached hydrogens (tertiary/aromatic N) is 1. The molecule has 3 heterocycles. The van der Waals surface area contributed by atoms with Crippen molar-refractivity contribution in [2.45, 2.75) is 39.8 Å². The van der Waals surface area contributed by atoms with Crippen molar-refractivity contribution in [2.24, 2.45) is 5.41 Å². The van der Waals surface area contributed by atoms with Crippen LogP contribution in [0.25, 0.3) is 0 Å². The lowest BCUT2D eigenvalue weighted by Crippen LogP contribution is -2.46. The first kappa shape index (κ1) is 15.6. The molecule has 0 spiro atoms. The monoisotopic (exact) mass is 334 g/mol. The molecule has 22 heavy (non-hydrogen) atoms. The van der Waals surface area contributed by atoms with Crippen LogP contribution in [0.4, 0.5) is 4.79 Å². The van der Waals surface area contributed by atoms with Gasteiger partial charge in [0.15, 0.2) is 0 Å². The number of rotatable bonds is 2. The molecule has 1 aliphatic rings. The molecule has 1 N–H and O–H groups in total. The number of amides is 2. The second kappa shape index (κ2) is 6.05. The number of carbonyl (C=O) groups is 1. The fraction of sp³-hybridized carbons (Fsp3) is 0.471. The zero-order valence-electron chi connectivity index (χ0n) is 13.3. The average molecular weight is 335 g/mol. The fourth-order valence-electron chi connectivity index (χ4n) is 2.81. The number of hydrogen-bond acceptors (Lipinski definition) is 3. The third kappa shape index (κ3) is 3.20. The van der Waals surface area contributed by atoms with Gasteiger partial charge >= 0.3 is 6.03 Å². The third-order valence-electron chi connectivity index (χ3n) is 4.06. The Balaban J connectivity index is 1.72. The van der Waals surface area contributed by atoms with Gasteiger partial charge in [-0.25, -0.2) is 4.79 Å². The number of hydrogen-bond donors (Lipinski definition) is 1. The summed E-state index contributed by atoms with van der Waals surface area (Å²) in [5.74, 6) is 0. The summed E-state index contributed by atoms with van der Waals surface area (Å²) in [6.07, 6.45) is 0.972. The molecule has 2 aromatic heterocycles. The molecule has 0 aliphatic carbocycles. The molecular formula is C17H22N2OS2. The van der Waals surface area contributed by atoms with Crippen LogP contribution in [0.3, 0.4) is 0 Å². The Kier molecular flexibility index (Phi) is 4.28. The molecule has 3 nitrogen and oxygen atoms in total. The van der Waals surface area contributed by atoms with Gasteiger partial charge in [0.2, 0.25) is 0 Å². The lowest BCUT2D eigenvalue weighted by molar-refractivity contribution is 0.176. The Morgan fingerprint density at radius 2 is 2.09 bits per heavy atom. The molecule has 2 amide bonds. The highest BCUT2D eigenvalue weighted by Crippen LogP contribution is 2.35. The summed E-state index contributed by atoms with van der Waals surface area (Å²) in [5, 5.41) is 7.44. The number of nitrogens with one attached hydrogen (secondary N) is 1. The lowest BCUT2D eigenvalue weighted by atomic mass is 9.86. The summed E-state index contributed by atoms with van der Waals surface area (Å²) in [7, 11) is 0. The molecule has 5 heteroatoms. The van der Waals surface area contributed by atoms with E-state index in [1.807, 2.05) is 11.0 Å². The molecule has 0 fully saturated rings. The van der Waals surface area contributed by atoms with Crippen molar-refractivity contribution in [3.05, 3.63) is 44.3 Å². The minimum atomic E-state index is -0.0101. The minimum absolute atomic E-state index is 0.0101. The molecule has 1 aliphatic heterocycles. The SMILES string of the molecule is CC(C)(C)[C@H](NC(=O)N1CCc2sccc2C1)c1cccs1. The molecule has 0 saturated heterocycles. The van der Waals surface area contributed by atoms with Gasteiger partial charge in [-0.2, -0.15) is 0 Å². The van der Waals surface area contributed by atoms with E-state index >= 15 is 0 Å². The Morgan fingerprint density at radius 1 is 1.27 bits per heavy atom. The smallest absolute Gasteiger partial charge is 0.318 e. The van der Waals surface area contributed by atoms with E-state index in [0.717, 1.165) is 19.5 Å². The second-order valence-corrected chi connectivity index (χ2v) is 8.78. The number of thiophene rings is 2. The van der Waals surface area contributed by atoms with Crippen LogP contribution in [-0.4, -0.2) is 17.5 Å². The highest BCUT2D eigenvalue weighted by Gasteiger charge is 2.31. The largest absolute Gasteiger partial charge is 0.330 e. The van der Waals surface area contributed by atoms with E-state index < -0.39 is 0 Å². The van der Waals surface area contributed by atoms with Crippen LogP contribution in [0.5, 0.6) is 0 Å². The van der Waals surface area contributed by atoms with Gasteiger partial charge in [-0.1, -0.05) is 26.8 Å². The van der Waals surface area contributed by atoms with Crippen LogP contribution in [0.1, 0.15) is 42.1 Å². The van der Waals surface area contributed by atoms with Gasteiger partial charge in [-0.3, -0.25) is 0 Å². The zero-order chi connectivity index (χ0) is 15.7. The highest BCUT2D eigenvalue weighted by atomic mass is 32.1. The predicted molar refractivity (Wildman–Crippen MR) is 93.5 cm³/mol. The van der Waals surface area contributed by atoms with Crippen LogP contribution in [0.15, 0.2) is 29.0 Å². The quantitative estimate of drug-likeness (QED) is 0.851. The first-order valence-corrected chi connectivity index (χ1v) is 9.35. The number of fused-ring (bicyclic) bond motifs is 1. The summed E-state index contributed by atoms with van der Waals surface area (Å²) in [6.45, 7) is 8.05. The predicted octanol–water partition coefficient (Wildman–Crippen LogP) is 4.66. The summed E-state index contributed by atoms with van der Waals surface area (Å²) in [6, 6.07) is 6.38. The summed E-state index contributed by atoms with van der Waals surface area (Å²) in [5.41, 5.74) is 1.29. The van der Waals surface area contributed by atoms with Gasteiger partial charge in [-0.05, 0) is 40.3 Å².